The van der Waals surface area contributed by atoms with E-state index in [-0.39, 0.29) is 0 Å². The number of hydrogen-bond acceptors (Lipinski definition) is 8. The molecule has 0 saturated heterocycles. The molecule has 0 aliphatic heterocycles. The van der Waals surface area contributed by atoms with Crippen molar-refractivity contribution in [3.8, 4) is 0 Å². The minimum Gasteiger partial charge on any atom is -0.462 e. The van der Waals surface area contributed by atoms with Crippen LogP contribution in [0.25, 0.3) is 0 Å². The predicted octanol–water partition coefficient (Wildman–Crippen LogP) is -2.29. The fourth-order valence-electron chi connectivity index (χ4n) is 0.961. The van der Waals surface area contributed by atoms with Gasteiger partial charge in [0.2, 0.25) is 0 Å². The van der Waals surface area contributed by atoms with Crippen LogP contribution in [-0.2, 0) is 4.79 Å². The van der Waals surface area contributed by atoms with Crippen molar-refractivity contribution in [1.82, 2.24) is 0 Å². The molecule has 5 N–H and O–H groups in total. The van der Waals surface area contributed by atoms with Crippen LogP contribution in [0.5, 0.6) is 0 Å². The van der Waals surface area contributed by atoms with E-state index in [0.29, 0.717) is 12.0 Å². The highest BCUT2D eigenvalue weighted by Gasteiger charge is 2.28. The largest absolute Gasteiger partial charge is 0.462 e. The van der Waals surface area contributed by atoms with Crippen LogP contribution < -0.4 is 0 Å². The van der Waals surface area contributed by atoms with Gasteiger partial charge in [-0.25, -0.2) is 0 Å². The Hall–Kier alpha value is -1.58. The molecule has 8 nitrogen and oxygen atoms in total. The molecule has 0 aliphatic carbocycles. The monoisotopic (exact) mass is 276 g/mol. The van der Waals surface area contributed by atoms with Gasteiger partial charge in [0.05, 0.1) is 12.9 Å². The molecule has 0 radical (unpaired) electrons. The number of aldehydes is 1. The Bertz CT molecular complexity index is 361. The van der Waals surface area contributed by atoms with Gasteiger partial charge in [-0.1, -0.05) is 0 Å². The van der Waals surface area contributed by atoms with Gasteiger partial charge < -0.3 is 29.9 Å². The molecule has 8 heteroatoms. The molecule has 0 amide bonds. The second kappa shape index (κ2) is 9.36. The number of hydrogen-bond donors (Lipinski definition) is 5. The van der Waals surface area contributed by atoms with Crippen molar-refractivity contribution >= 4 is 12.1 Å². The van der Waals surface area contributed by atoms with Crippen LogP contribution in [0.15, 0.2) is 22.8 Å². The first-order valence-electron chi connectivity index (χ1n) is 5.25. The molecule has 108 valence electrons. The van der Waals surface area contributed by atoms with E-state index in [1.165, 1.54) is 6.26 Å². The minimum absolute atomic E-state index is 0.375. The zero-order valence-corrected chi connectivity index (χ0v) is 9.92. The fraction of sp³-hybridized carbons (Fsp3) is 0.455. The van der Waals surface area contributed by atoms with Crippen molar-refractivity contribution in [3.05, 3.63) is 24.2 Å². The first kappa shape index (κ1) is 17.4. The van der Waals surface area contributed by atoms with Gasteiger partial charge in [0.25, 0.3) is 0 Å². The van der Waals surface area contributed by atoms with E-state index in [0.717, 1.165) is 0 Å². The molecular formula is C11H16O8. The van der Waals surface area contributed by atoms with E-state index in [9.17, 15) is 9.59 Å². The number of carbonyl (C=O) groups is 2. The predicted molar refractivity (Wildman–Crippen MR) is 61.3 cm³/mol. The number of ketones is 1. The highest BCUT2D eigenvalue weighted by atomic mass is 16.4. The summed E-state index contributed by atoms with van der Waals surface area (Å²) in [5.74, 6) is -0.630. The molecule has 0 bridgehead atoms. The molecule has 1 aromatic heterocycles. The summed E-state index contributed by atoms with van der Waals surface area (Å²) in [6, 6.07) is 3.27. The fourth-order valence-corrected chi connectivity index (χ4v) is 0.961. The number of carbonyl (C=O) groups excluding carboxylic acids is 2. The third kappa shape index (κ3) is 6.22. The summed E-state index contributed by atoms with van der Waals surface area (Å²) in [5.41, 5.74) is 0. The van der Waals surface area contributed by atoms with E-state index >= 15 is 0 Å². The molecule has 0 aromatic carbocycles. The summed E-state index contributed by atoms with van der Waals surface area (Å²) in [5, 5.41) is 43.1. The van der Waals surface area contributed by atoms with E-state index in [2.05, 4.69) is 4.42 Å². The molecule has 19 heavy (non-hydrogen) atoms. The zero-order chi connectivity index (χ0) is 14.8. The number of furan rings is 1. The number of aliphatic hydroxyl groups excluding tert-OH is 5. The van der Waals surface area contributed by atoms with Gasteiger partial charge in [0, 0.05) is 0 Å². The Morgan fingerprint density at radius 2 is 1.95 bits per heavy atom. The second-order valence-corrected chi connectivity index (χ2v) is 3.44. The van der Waals surface area contributed by atoms with Crippen molar-refractivity contribution < 1.29 is 39.5 Å². The van der Waals surface area contributed by atoms with E-state index < -0.39 is 37.3 Å². The molecule has 3 atom stereocenters. The Morgan fingerprint density at radius 3 is 2.26 bits per heavy atom. The maximum Gasteiger partial charge on any atom is 0.189 e. The summed E-state index contributed by atoms with van der Waals surface area (Å²) < 4.78 is 4.61. The van der Waals surface area contributed by atoms with Gasteiger partial charge in [-0.15, -0.1) is 0 Å². The lowest BCUT2D eigenvalue weighted by Gasteiger charge is -2.19. The Balaban J connectivity index is 0.000000388. The van der Waals surface area contributed by atoms with E-state index in [1.54, 1.807) is 12.1 Å². The lowest BCUT2D eigenvalue weighted by molar-refractivity contribution is -0.142. The standard InChI is InChI=1S/C6H12O6.C5H4O2/c7-1-3(9)5(11)6(12)4(10)2-8;6-4-5-2-1-3-7-5/h3,5-9,11-12H,1-2H2;1-4H/t3-,5+,6+;/m1./s1. The normalized spacial score (nSPS) is 14.8. The first-order chi connectivity index (χ1) is 8.97. The quantitative estimate of drug-likeness (QED) is 0.365. The van der Waals surface area contributed by atoms with E-state index in [1.807, 2.05) is 0 Å². The van der Waals surface area contributed by atoms with Crippen molar-refractivity contribution in [1.29, 1.82) is 0 Å². The molecular weight excluding hydrogens is 260 g/mol. The van der Waals surface area contributed by atoms with Crippen LogP contribution in [0.1, 0.15) is 10.6 Å². The molecule has 0 saturated carbocycles. The summed E-state index contributed by atoms with van der Waals surface area (Å²) in [7, 11) is 0. The molecule has 0 aliphatic rings. The summed E-state index contributed by atoms with van der Waals surface area (Å²) in [4.78, 5) is 20.3. The second-order valence-electron chi connectivity index (χ2n) is 3.44. The average molecular weight is 276 g/mol. The molecule has 1 heterocycles. The Kier molecular flexibility index (Phi) is 8.58. The summed E-state index contributed by atoms with van der Waals surface area (Å²) in [6.45, 7) is -1.69. The van der Waals surface area contributed by atoms with Crippen LogP contribution in [0.3, 0.4) is 0 Å². The third-order valence-corrected chi connectivity index (χ3v) is 2.05. The molecule has 0 unspecified atom stereocenters. The SMILES string of the molecule is O=C(CO)[C@H](O)[C@@H](O)[C@H](O)CO.O=Cc1ccco1. The maximum absolute atomic E-state index is 10.5. The molecule has 1 aromatic rings. The number of aliphatic hydroxyl groups is 5. The van der Waals surface area contributed by atoms with Gasteiger partial charge in [0.1, 0.15) is 24.9 Å². The van der Waals surface area contributed by atoms with Crippen LogP contribution in [0.4, 0.5) is 0 Å². The Morgan fingerprint density at radius 1 is 1.32 bits per heavy atom. The first-order valence-corrected chi connectivity index (χ1v) is 5.25. The van der Waals surface area contributed by atoms with Gasteiger partial charge in [0.15, 0.2) is 17.8 Å². The minimum atomic E-state index is -1.86. The number of rotatable bonds is 6. The van der Waals surface area contributed by atoms with Crippen LogP contribution in [-0.4, -0.2) is 69.1 Å². The van der Waals surface area contributed by atoms with Crippen molar-refractivity contribution in [2.24, 2.45) is 0 Å². The van der Waals surface area contributed by atoms with E-state index in [4.69, 9.17) is 25.5 Å². The number of Topliss-reactive ketones (excluding diaryl/α,β-unsaturated/α-hetero) is 1. The van der Waals surface area contributed by atoms with Crippen LogP contribution in [0.2, 0.25) is 0 Å². The Labute approximate surface area is 108 Å². The van der Waals surface area contributed by atoms with Crippen molar-refractivity contribution in [3.63, 3.8) is 0 Å². The lowest BCUT2D eigenvalue weighted by Crippen LogP contribution is -2.44. The molecule has 1 rings (SSSR count). The smallest absolute Gasteiger partial charge is 0.189 e. The van der Waals surface area contributed by atoms with Crippen LogP contribution in [0, 0.1) is 0 Å². The van der Waals surface area contributed by atoms with Crippen molar-refractivity contribution in [2.75, 3.05) is 13.2 Å². The maximum atomic E-state index is 10.5. The average Bonchev–Trinajstić information content (AvgIpc) is 2.97. The molecule has 0 fully saturated rings. The van der Waals surface area contributed by atoms with Gasteiger partial charge in [-0.3, -0.25) is 9.59 Å². The van der Waals surface area contributed by atoms with Crippen LogP contribution >= 0.6 is 0 Å². The van der Waals surface area contributed by atoms with Gasteiger partial charge >= 0.3 is 0 Å². The summed E-state index contributed by atoms with van der Waals surface area (Å²) >= 11 is 0. The highest BCUT2D eigenvalue weighted by Crippen LogP contribution is 2.00. The topological polar surface area (TPSA) is 148 Å². The van der Waals surface area contributed by atoms with Gasteiger partial charge in [-0.2, -0.15) is 0 Å². The highest BCUT2D eigenvalue weighted by molar-refractivity contribution is 5.84. The third-order valence-electron chi connectivity index (χ3n) is 2.05. The summed E-state index contributed by atoms with van der Waals surface area (Å²) in [6.07, 6.45) is -3.09. The lowest BCUT2D eigenvalue weighted by atomic mass is 10.1. The zero-order valence-electron chi connectivity index (χ0n) is 9.92. The van der Waals surface area contributed by atoms with Gasteiger partial charge in [-0.05, 0) is 12.1 Å². The van der Waals surface area contributed by atoms with Crippen molar-refractivity contribution in [2.45, 2.75) is 18.3 Å². The molecule has 0 spiro atoms.